The average Bonchev–Trinajstić information content (AvgIpc) is 2.66. The van der Waals surface area contributed by atoms with E-state index in [4.69, 9.17) is 0 Å². The third kappa shape index (κ3) is 4.57. The van der Waals surface area contributed by atoms with Gasteiger partial charge in [-0.25, -0.2) is 0 Å². The Hall–Kier alpha value is -2.62. The molecule has 4 nitrogen and oxygen atoms in total. The molecule has 0 radical (unpaired) electrons. The Labute approximate surface area is 161 Å². The minimum atomic E-state index is -0.562. The van der Waals surface area contributed by atoms with Crippen molar-refractivity contribution in [3.8, 4) is 0 Å². The molecule has 0 aromatic heterocycles. The summed E-state index contributed by atoms with van der Waals surface area (Å²) >= 11 is 0. The van der Waals surface area contributed by atoms with Gasteiger partial charge in [-0.2, -0.15) is 0 Å². The second-order valence-electron chi connectivity index (χ2n) is 7.71. The van der Waals surface area contributed by atoms with E-state index in [1.54, 1.807) is 12.1 Å². The summed E-state index contributed by atoms with van der Waals surface area (Å²) in [6.07, 6.45) is 3.05. The maximum Gasteiger partial charge on any atom is 0.251 e. The number of hydrogen-bond acceptors (Lipinski definition) is 2. The fraction of sp³-hybridized carbons (Fsp3) is 0.391. The Morgan fingerprint density at radius 3 is 2.44 bits per heavy atom. The molecule has 0 aliphatic heterocycles. The van der Waals surface area contributed by atoms with Crippen LogP contribution in [0.3, 0.4) is 0 Å². The average molecular weight is 364 g/mol. The van der Waals surface area contributed by atoms with Gasteiger partial charge in [-0.3, -0.25) is 9.59 Å². The lowest BCUT2D eigenvalue weighted by molar-refractivity contribution is -0.124. The van der Waals surface area contributed by atoms with Gasteiger partial charge in [0.2, 0.25) is 5.91 Å². The number of nitrogens with one attached hydrogen (secondary N) is 2. The van der Waals surface area contributed by atoms with Crippen LogP contribution in [-0.4, -0.2) is 17.9 Å². The van der Waals surface area contributed by atoms with Gasteiger partial charge in [0.15, 0.2) is 0 Å². The molecule has 2 amide bonds. The van der Waals surface area contributed by atoms with E-state index in [0.29, 0.717) is 5.56 Å². The van der Waals surface area contributed by atoms with Crippen molar-refractivity contribution in [2.45, 2.75) is 52.1 Å². The van der Waals surface area contributed by atoms with Crippen molar-refractivity contribution in [3.63, 3.8) is 0 Å². The molecule has 0 spiro atoms. The molecule has 27 heavy (non-hydrogen) atoms. The number of amides is 2. The number of hydrogen-bond donors (Lipinski definition) is 2. The predicted molar refractivity (Wildman–Crippen MR) is 108 cm³/mol. The molecular formula is C23H28N2O2. The molecule has 2 N–H and O–H groups in total. The van der Waals surface area contributed by atoms with Crippen LogP contribution in [0.15, 0.2) is 48.5 Å². The summed E-state index contributed by atoms with van der Waals surface area (Å²) in [6, 6.07) is 15.1. The van der Waals surface area contributed by atoms with Gasteiger partial charge in [-0.1, -0.05) is 55.8 Å². The standard InChI is InChI=1S/C23H28N2O2/c1-15(2)21(25-22(26)18-13-11-16(3)12-14-18)23(27)24-20-10-6-8-17-7-4-5-9-19(17)20/h4-5,7,9,11-15,20-21H,6,8,10H2,1-3H3,(H,24,27)(H,25,26)/t20-,21+/m0/s1. The highest BCUT2D eigenvalue weighted by molar-refractivity contribution is 5.97. The molecule has 1 aliphatic rings. The summed E-state index contributed by atoms with van der Waals surface area (Å²) in [7, 11) is 0. The topological polar surface area (TPSA) is 58.2 Å². The first-order chi connectivity index (χ1) is 13.0. The molecule has 2 aromatic carbocycles. The zero-order valence-electron chi connectivity index (χ0n) is 16.3. The Morgan fingerprint density at radius 2 is 1.74 bits per heavy atom. The molecule has 0 saturated heterocycles. The lowest BCUT2D eigenvalue weighted by atomic mass is 9.87. The normalized spacial score (nSPS) is 17.1. The Kier molecular flexibility index (Phi) is 5.94. The molecule has 0 bridgehead atoms. The third-order valence-corrected chi connectivity index (χ3v) is 5.24. The van der Waals surface area contributed by atoms with E-state index in [9.17, 15) is 9.59 Å². The van der Waals surface area contributed by atoms with E-state index in [1.807, 2.05) is 45.0 Å². The van der Waals surface area contributed by atoms with Crippen LogP contribution < -0.4 is 10.6 Å². The van der Waals surface area contributed by atoms with Crippen molar-refractivity contribution in [2.24, 2.45) is 5.92 Å². The Bertz CT molecular complexity index is 811. The van der Waals surface area contributed by atoms with Crippen LogP contribution in [0.5, 0.6) is 0 Å². The van der Waals surface area contributed by atoms with E-state index in [1.165, 1.54) is 11.1 Å². The lowest BCUT2D eigenvalue weighted by Gasteiger charge is -2.29. The molecule has 0 unspecified atom stereocenters. The molecular weight excluding hydrogens is 336 g/mol. The Balaban J connectivity index is 1.71. The summed E-state index contributed by atoms with van der Waals surface area (Å²) in [5.74, 6) is -0.335. The van der Waals surface area contributed by atoms with Crippen molar-refractivity contribution in [2.75, 3.05) is 0 Å². The van der Waals surface area contributed by atoms with Gasteiger partial charge in [0.25, 0.3) is 5.91 Å². The minimum absolute atomic E-state index is 0.00164. The smallest absolute Gasteiger partial charge is 0.251 e. The monoisotopic (exact) mass is 364 g/mol. The molecule has 2 aromatic rings. The van der Waals surface area contributed by atoms with Crippen molar-refractivity contribution in [1.29, 1.82) is 0 Å². The van der Waals surface area contributed by atoms with Crippen LogP contribution in [0.1, 0.15) is 59.8 Å². The van der Waals surface area contributed by atoms with Crippen LogP contribution in [0.25, 0.3) is 0 Å². The third-order valence-electron chi connectivity index (χ3n) is 5.24. The predicted octanol–water partition coefficient (Wildman–Crippen LogP) is 3.94. The molecule has 0 fully saturated rings. The molecule has 3 rings (SSSR count). The quantitative estimate of drug-likeness (QED) is 0.844. The highest BCUT2D eigenvalue weighted by Gasteiger charge is 2.28. The van der Waals surface area contributed by atoms with Gasteiger partial charge >= 0.3 is 0 Å². The zero-order valence-corrected chi connectivity index (χ0v) is 16.3. The number of benzene rings is 2. The number of rotatable bonds is 5. The van der Waals surface area contributed by atoms with E-state index in [0.717, 1.165) is 24.8 Å². The molecule has 1 aliphatic carbocycles. The minimum Gasteiger partial charge on any atom is -0.347 e. The van der Waals surface area contributed by atoms with Gasteiger partial charge in [-0.05, 0) is 55.4 Å². The van der Waals surface area contributed by atoms with Crippen LogP contribution in [0.4, 0.5) is 0 Å². The fourth-order valence-corrected chi connectivity index (χ4v) is 3.63. The van der Waals surface area contributed by atoms with E-state index in [2.05, 4.69) is 22.8 Å². The van der Waals surface area contributed by atoms with Crippen molar-refractivity contribution in [3.05, 3.63) is 70.8 Å². The first kappa shape index (κ1) is 19.2. The number of fused-ring (bicyclic) bond motifs is 1. The summed E-state index contributed by atoms with van der Waals surface area (Å²) in [4.78, 5) is 25.5. The number of carbonyl (C=O) groups is 2. The van der Waals surface area contributed by atoms with Gasteiger partial charge in [0, 0.05) is 5.56 Å². The van der Waals surface area contributed by atoms with Gasteiger partial charge in [-0.15, -0.1) is 0 Å². The molecule has 0 saturated carbocycles. The van der Waals surface area contributed by atoms with Crippen molar-refractivity contribution >= 4 is 11.8 Å². The molecule has 4 heteroatoms. The van der Waals surface area contributed by atoms with Crippen LogP contribution in [0.2, 0.25) is 0 Å². The second kappa shape index (κ2) is 8.38. The number of aryl methyl sites for hydroxylation is 2. The second-order valence-corrected chi connectivity index (χ2v) is 7.71. The highest BCUT2D eigenvalue weighted by atomic mass is 16.2. The highest BCUT2D eigenvalue weighted by Crippen LogP contribution is 2.29. The maximum atomic E-state index is 13.0. The summed E-state index contributed by atoms with van der Waals surface area (Å²) in [5, 5.41) is 6.08. The number of carbonyl (C=O) groups excluding carboxylic acids is 2. The van der Waals surface area contributed by atoms with Crippen molar-refractivity contribution in [1.82, 2.24) is 10.6 Å². The van der Waals surface area contributed by atoms with Crippen molar-refractivity contribution < 1.29 is 9.59 Å². The maximum absolute atomic E-state index is 13.0. The van der Waals surface area contributed by atoms with E-state index >= 15 is 0 Å². The first-order valence-corrected chi connectivity index (χ1v) is 9.71. The van der Waals surface area contributed by atoms with Crippen LogP contribution in [-0.2, 0) is 11.2 Å². The van der Waals surface area contributed by atoms with Crippen LogP contribution >= 0.6 is 0 Å². The lowest BCUT2D eigenvalue weighted by Crippen LogP contribution is -2.50. The molecule has 0 heterocycles. The van der Waals surface area contributed by atoms with Gasteiger partial charge < -0.3 is 10.6 Å². The van der Waals surface area contributed by atoms with Crippen LogP contribution in [0, 0.1) is 12.8 Å². The largest absolute Gasteiger partial charge is 0.347 e. The summed E-state index contributed by atoms with van der Waals surface area (Å²) < 4.78 is 0. The molecule has 142 valence electrons. The summed E-state index contributed by atoms with van der Waals surface area (Å²) in [6.45, 7) is 5.89. The van der Waals surface area contributed by atoms with E-state index in [-0.39, 0.29) is 23.8 Å². The fourth-order valence-electron chi connectivity index (χ4n) is 3.63. The Morgan fingerprint density at radius 1 is 1.04 bits per heavy atom. The zero-order chi connectivity index (χ0) is 19.4. The molecule has 2 atom stereocenters. The SMILES string of the molecule is Cc1ccc(C(=O)N[C@@H](C(=O)N[C@H]2CCCc3ccccc32)C(C)C)cc1. The first-order valence-electron chi connectivity index (χ1n) is 9.71. The summed E-state index contributed by atoms with van der Waals surface area (Å²) in [5.41, 5.74) is 4.17. The van der Waals surface area contributed by atoms with Gasteiger partial charge in [0.1, 0.15) is 6.04 Å². The van der Waals surface area contributed by atoms with E-state index < -0.39 is 6.04 Å². The van der Waals surface area contributed by atoms with Gasteiger partial charge in [0.05, 0.1) is 6.04 Å².